The molecule has 102 valence electrons. The molecule has 1 aromatic heterocycles. The minimum absolute atomic E-state index is 0.337. The fourth-order valence-electron chi connectivity index (χ4n) is 2.36. The Morgan fingerprint density at radius 3 is 2.56 bits per heavy atom. The van der Waals surface area contributed by atoms with Crippen LogP contribution in [0.1, 0.15) is 51.6 Å². The highest BCUT2D eigenvalue weighted by molar-refractivity contribution is 5.29. The lowest BCUT2D eigenvalue weighted by Gasteiger charge is -2.24. The lowest BCUT2D eigenvalue weighted by Crippen LogP contribution is -2.24. The average molecular weight is 250 g/mol. The van der Waals surface area contributed by atoms with Gasteiger partial charge < -0.3 is 10.1 Å². The highest BCUT2D eigenvalue weighted by Crippen LogP contribution is 2.29. The summed E-state index contributed by atoms with van der Waals surface area (Å²) in [7, 11) is 1.69. The quantitative estimate of drug-likeness (QED) is 0.766. The molecule has 1 atom stereocenters. The van der Waals surface area contributed by atoms with E-state index in [-0.39, 0.29) is 0 Å². The van der Waals surface area contributed by atoms with E-state index in [1.165, 1.54) is 18.4 Å². The van der Waals surface area contributed by atoms with Gasteiger partial charge in [0.1, 0.15) is 0 Å². The summed E-state index contributed by atoms with van der Waals surface area (Å²) in [5.41, 5.74) is 1.17. The van der Waals surface area contributed by atoms with Gasteiger partial charge in [-0.15, -0.1) is 0 Å². The number of pyridine rings is 1. The van der Waals surface area contributed by atoms with Crippen LogP contribution in [0.2, 0.25) is 0 Å². The van der Waals surface area contributed by atoms with Crippen LogP contribution in [0.5, 0.6) is 5.88 Å². The first-order chi connectivity index (χ1) is 8.76. The molecule has 0 spiro atoms. The summed E-state index contributed by atoms with van der Waals surface area (Å²) < 4.78 is 5.37. The molecule has 0 aliphatic carbocycles. The van der Waals surface area contributed by atoms with Gasteiger partial charge in [-0.1, -0.05) is 39.7 Å². The maximum absolute atomic E-state index is 5.37. The van der Waals surface area contributed by atoms with E-state index >= 15 is 0 Å². The van der Waals surface area contributed by atoms with E-state index in [0.29, 0.717) is 6.04 Å². The maximum atomic E-state index is 5.37. The summed E-state index contributed by atoms with van der Waals surface area (Å²) in [6.45, 7) is 7.63. The van der Waals surface area contributed by atoms with E-state index in [9.17, 15) is 0 Å². The third kappa shape index (κ3) is 3.98. The molecule has 1 rings (SSSR count). The van der Waals surface area contributed by atoms with Crippen LogP contribution in [0.15, 0.2) is 18.3 Å². The average Bonchev–Trinajstić information content (AvgIpc) is 2.43. The Bertz CT molecular complexity index is 337. The third-order valence-corrected chi connectivity index (χ3v) is 3.54. The minimum atomic E-state index is 0.337. The lowest BCUT2D eigenvalue weighted by atomic mass is 9.91. The van der Waals surface area contributed by atoms with Crippen molar-refractivity contribution in [3.05, 3.63) is 23.9 Å². The first-order valence-corrected chi connectivity index (χ1v) is 6.98. The Labute approximate surface area is 111 Å². The number of aromatic nitrogens is 1. The third-order valence-electron chi connectivity index (χ3n) is 3.54. The summed E-state index contributed by atoms with van der Waals surface area (Å²) in [6.07, 6.45) is 5.37. The summed E-state index contributed by atoms with van der Waals surface area (Å²) in [4.78, 5) is 4.30. The van der Waals surface area contributed by atoms with Crippen molar-refractivity contribution in [2.45, 2.75) is 46.1 Å². The lowest BCUT2D eigenvalue weighted by molar-refractivity contribution is 0.349. The second kappa shape index (κ2) is 8.09. The fraction of sp³-hybridized carbons (Fsp3) is 0.667. The summed E-state index contributed by atoms with van der Waals surface area (Å²) >= 11 is 0. The van der Waals surface area contributed by atoms with E-state index in [4.69, 9.17) is 4.74 Å². The van der Waals surface area contributed by atoms with Crippen LogP contribution in [0, 0.1) is 5.92 Å². The Balaban J connectivity index is 2.89. The molecule has 1 unspecified atom stereocenters. The van der Waals surface area contributed by atoms with Gasteiger partial charge in [-0.2, -0.15) is 0 Å². The minimum Gasteiger partial charge on any atom is -0.481 e. The van der Waals surface area contributed by atoms with Crippen molar-refractivity contribution in [2.75, 3.05) is 13.7 Å². The first-order valence-electron chi connectivity index (χ1n) is 6.98. The van der Waals surface area contributed by atoms with Gasteiger partial charge >= 0.3 is 0 Å². The SMILES string of the molecule is CCNC(CC(CC)CC)c1cccnc1OC. The molecule has 0 fully saturated rings. The van der Waals surface area contributed by atoms with Gasteiger partial charge in [-0.05, 0) is 24.9 Å². The van der Waals surface area contributed by atoms with E-state index in [2.05, 4.69) is 37.1 Å². The standard InChI is InChI=1S/C15H26N2O/c1-5-12(6-2)11-14(16-7-3)13-9-8-10-17-15(13)18-4/h8-10,12,14,16H,5-7,11H2,1-4H3. The molecule has 0 saturated heterocycles. The molecular formula is C15H26N2O. The number of rotatable bonds is 8. The summed E-state index contributed by atoms with van der Waals surface area (Å²) in [5.74, 6) is 1.49. The van der Waals surface area contributed by atoms with Crippen molar-refractivity contribution >= 4 is 0 Å². The predicted molar refractivity (Wildman–Crippen MR) is 75.9 cm³/mol. The number of ether oxygens (including phenoxy) is 1. The van der Waals surface area contributed by atoms with Gasteiger partial charge in [0.05, 0.1) is 7.11 Å². The normalized spacial score (nSPS) is 12.7. The van der Waals surface area contributed by atoms with Crippen molar-refractivity contribution in [2.24, 2.45) is 5.92 Å². The molecule has 0 bridgehead atoms. The van der Waals surface area contributed by atoms with Gasteiger partial charge in [0, 0.05) is 17.8 Å². The van der Waals surface area contributed by atoms with Crippen molar-refractivity contribution < 1.29 is 4.74 Å². The molecule has 0 aliphatic rings. The molecule has 0 saturated carbocycles. The zero-order valence-electron chi connectivity index (χ0n) is 12.1. The Kier molecular flexibility index (Phi) is 6.73. The molecule has 0 aromatic carbocycles. The topological polar surface area (TPSA) is 34.2 Å². The Morgan fingerprint density at radius 2 is 2.00 bits per heavy atom. The molecule has 0 amide bonds. The Hall–Kier alpha value is -1.09. The molecular weight excluding hydrogens is 224 g/mol. The van der Waals surface area contributed by atoms with Gasteiger partial charge in [0.2, 0.25) is 5.88 Å². The molecule has 1 heterocycles. The molecule has 3 heteroatoms. The predicted octanol–water partition coefficient (Wildman–Crippen LogP) is 3.57. The highest BCUT2D eigenvalue weighted by atomic mass is 16.5. The summed E-state index contributed by atoms with van der Waals surface area (Å²) in [5, 5.41) is 3.55. The molecule has 1 aromatic rings. The van der Waals surface area contributed by atoms with E-state index in [1.54, 1.807) is 13.3 Å². The van der Waals surface area contributed by atoms with Crippen molar-refractivity contribution in [1.29, 1.82) is 0 Å². The van der Waals surface area contributed by atoms with Crippen LogP contribution < -0.4 is 10.1 Å². The van der Waals surface area contributed by atoms with Gasteiger partial charge in [-0.3, -0.25) is 0 Å². The van der Waals surface area contributed by atoms with E-state index in [1.807, 2.05) is 6.07 Å². The Morgan fingerprint density at radius 1 is 1.28 bits per heavy atom. The number of nitrogens with zero attached hydrogens (tertiary/aromatic N) is 1. The maximum Gasteiger partial charge on any atom is 0.217 e. The van der Waals surface area contributed by atoms with Crippen molar-refractivity contribution in [3.63, 3.8) is 0 Å². The zero-order valence-corrected chi connectivity index (χ0v) is 12.1. The van der Waals surface area contributed by atoms with Crippen LogP contribution in [-0.4, -0.2) is 18.6 Å². The summed E-state index contributed by atoms with van der Waals surface area (Å²) in [6, 6.07) is 4.43. The number of hydrogen-bond donors (Lipinski definition) is 1. The van der Waals surface area contributed by atoms with Crippen LogP contribution in [0.3, 0.4) is 0 Å². The van der Waals surface area contributed by atoms with Gasteiger partial charge in [-0.25, -0.2) is 4.98 Å². The van der Waals surface area contributed by atoms with Crippen molar-refractivity contribution in [3.8, 4) is 5.88 Å². The van der Waals surface area contributed by atoms with Gasteiger partial charge in [0.25, 0.3) is 0 Å². The molecule has 18 heavy (non-hydrogen) atoms. The number of methoxy groups -OCH3 is 1. The largest absolute Gasteiger partial charge is 0.481 e. The van der Waals surface area contributed by atoms with Crippen LogP contribution >= 0.6 is 0 Å². The number of nitrogens with one attached hydrogen (secondary N) is 1. The fourth-order valence-corrected chi connectivity index (χ4v) is 2.36. The molecule has 0 radical (unpaired) electrons. The molecule has 1 N–H and O–H groups in total. The van der Waals surface area contributed by atoms with Crippen LogP contribution in [0.4, 0.5) is 0 Å². The second-order valence-corrected chi connectivity index (χ2v) is 4.63. The monoisotopic (exact) mass is 250 g/mol. The van der Waals surface area contributed by atoms with E-state index < -0.39 is 0 Å². The highest BCUT2D eigenvalue weighted by Gasteiger charge is 2.19. The van der Waals surface area contributed by atoms with Crippen LogP contribution in [0.25, 0.3) is 0 Å². The second-order valence-electron chi connectivity index (χ2n) is 4.63. The number of hydrogen-bond acceptors (Lipinski definition) is 3. The zero-order chi connectivity index (χ0) is 13.4. The molecule has 0 aliphatic heterocycles. The smallest absolute Gasteiger partial charge is 0.217 e. The van der Waals surface area contributed by atoms with Gasteiger partial charge in [0.15, 0.2) is 0 Å². The first kappa shape index (κ1) is 15.0. The molecule has 3 nitrogen and oxygen atoms in total. The van der Waals surface area contributed by atoms with Crippen molar-refractivity contribution in [1.82, 2.24) is 10.3 Å². The van der Waals surface area contributed by atoms with E-state index in [0.717, 1.165) is 24.8 Å². The van der Waals surface area contributed by atoms with Crippen LogP contribution in [-0.2, 0) is 0 Å².